The first-order chi connectivity index (χ1) is 18.8. The van der Waals surface area contributed by atoms with Gasteiger partial charge in [-0.25, -0.2) is 0 Å². The van der Waals surface area contributed by atoms with Gasteiger partial charge < -0.3 is 30.7 Å². The van der Waals surface area contributed by atoms with Crippen molar-refractivity contribution in [3.63, 3.8) is 0 Å². The van der Waals surface area contributed by atoms with Crippen molar-refractivity contribution in [1.82, 2.24) is 14.4 Å². The normalized spacial score (nSPS) is 20.6. The van der Waals surface area contributed by atoms with Gasteiger partial charge in [-0.2, -0.15) is 0 Å². The van der Waals surface area contributed by atoms with Crippen molar-refractivity contribution >= 4 is 11.9 Å². The fourth-order valence-electron chi connectivity index (χ4n) is 6.00. The van der Waals surface area contributed by atoms with Crippen LogP contribution in [0.3, 0.4) is 0 Å². The molecule has 1 aromatic carbocycles. The molecule has 1 fully saturated rings. The molecule has 5 N–H and O–H groups in total. The van der Waals surface area contributed by atoms with Gasteiger partial charge in [0.05, 0.1) is 19.1 Å². The maximum absolute atomic E-state index is 13.6. The van der Waals surface area contributed by atoms with Crippen molar-refractivity contribution in [3.8, 4) is 17.5 Å². The Morgan fingerprint density at radius 2 is 1.85 bits per heavy atom. The van der Waals surface area contributed by atoms with E-state index in [1.807, 2.05) is 21.9 Å². The number of hydrogen-bond donors (Lipinski definition) is 4. The van der Waals surface area contributed by atoms with Crippen LogP contribution in [0.1, 0.15) is 56.1 Å². The van der Waals surface area contributed by atoms with Crippen LogP contribution >= 0.6 is 0 Å². The van der Waals surface area contributed by atoms with E-state index in [4.69, 9.17) is 10.5 Å². The lowest BCUT2D eigenvalue weighted by molar-refractivity contribution is -0.144. The third-order valence-electron chi connectivity index (χ3n) is 8.11. The third kappa shape index (κ3) is 6.67. The van der Waals surface area contributed by atoms with E-state index < -0.39 is 17.9 Å². The van der Waals surface area contributed by atoms with Crippen LogP contribution in [0.2, 0.25) is 0 Å². The summed E-state index contributed by atoms with van der Waals surface area (Å²) < 4.78 is 7.01. The maximum Gasteiger partial charge on any atom is 0.308 e. The summed E-state index contributed by atoms with van der Waals surface area (Å²) in [6.45, 7) is 5.37. The van der Waals surface area contributed by atoms with E-state index in [1.54, 1.807) is 0 Å². The molecular formula is C29H42N4O6. The molecule has 1 aromatic heterocycles. The Morgan fingerprint density at radius 1 is 1.10 bits per heavy atom. The van der Waals surface area contributed by atoms with Crippen molar-refractivity contribution in [3.05, 3.63) is 41.5 Å². The largest absolute Gasteiger partial charge is 0.494 e. The second-order valence-corrected chi connectivity index (χ2v) is 10.7. The molecule has 0 spiro atoms. The number of aliphatic carboxylic acids is 1. The lowest BCUT2D eigenvalue weighted by Gasteiger charge is -2.30. The number of amides is 1. The van der Waals surface area contributed by atoms with Crippen molar-refractivity contribution in [2.45, 2.75) is 64.0 Å². The fraction of sp³-hybridized carbons (Fsp3) is 0.586. The predicted octanol–water partition coefficient (Wildman–Crippen LogP) is 2.76. The molecule has 3 heterocycles. The van der Waals surface area contributed by atoms with E-state index in [0.29, 0.717) is 39.2 Å². The van der Waals surface area contributed by atoms with E-state index >= 15 is 0 Å². The average Bonchev–Trinajstić information content (AvgIpc) is 3.61. The number of carbonyl (C=O) groups excluding carboxylic acids is 1. The summed E-state index contributed by atoms with van der Waals surface area (Å²) in [5, 5.41) is 30.8. The Hall–Kier alpha value is -3.24. The van der Waals surface area contributed by atoms with Gasteiger partial charge in [-0.15, -0.1) is 0 Å². The number of carboxylic acids is 1. The monoisotopic (exact) mass is 542 g/mol. The van der Waals surface area contributed by atoms with Gasteiger partial charge >= 0.3 is 5.97 Å². The fourth-order valence-corrected chi connectivity index (χ4v) is 6.00. The third-order valence-corrected chi connectivity index (χ3v) is 8.11. The van der Waals surface area contributed by atoms with E-state index in [-0.39, 0.29) is 36.7 Å². The number of benzene rings is 1. The smallest absolute Gasteiger partial charge is 0.308 e. The molecule has 2 aromatic rings. The quantitative estimate of drug-likeness (QED) is 0.267. The number of aromatic hydroxyl groups is 2. The molecule has 0 unspecified atom stereocenters. The minimum Gasteiger partial charge on any atom is -0.494 e. The Morgan fingerprint density at radius 3 is 2.54 bits per heavy atom. The zero-order valence-electron chi connectivity index (χ0n) is 22.8. The van der Waals surface area contributed by atoms with Crippen LogP contribution in [0.5, 0.6) is 17.5 Å². The average molecular weight is 543 g/mol. The molecule has 2 aliphatic heterocycles. The van der Waals surface area contributed by atoms with E-state index in [0.717, 1.165) is 49.0 Å². The summed E-state index contributed by atoms with van der Waals surface area (Å²) in [6.07, 6.45) is 4.70. The number of carboxylic acid groups (broad SMARTS) is 1. The first-order valence-electron chi connectivity index (χ1n) is 14.1. The summed E-state index contributed by atoms with van der Waals surface area (Å²) in [5.41, 5.74) is 7.68. The molecule has 0 bridgehead atoms. The second kappa shape index (κ2) is 13.2. The van der Waals surface area contributed by atoms with Crippen LogP contribution in [0.15, 0.2) is 30.3 Å². The van der Waals surface area contributed by atoms with Crippen LogP contribution < -0.4 is 10.5 Å². The molecule has 1 amide bonds. The highest BCUT2D eigenvalue weighted by Crippen LogP contribution is 2.41. The highest BCUT2D eigenvalue weighted by Gasteiger charge is 2.47. The first-order valence-corrected chi connectivity index (χ1v) is 14.1. The van der Waals surface area contributed by atoms with Crippen LogP contribution in [-0.2, 0) is 22.6 Å². The van der Waals surface area contributed by atoms with Gasteiger partial charge in [0.25, 0.3) is 0 Å². The predicted molar refractivity (Wildman–Crippen MR) is 147 cm³/mol. The van der Waals surface area contributed by atoms with E-state index in [1.165, 1.54) is 16.7 Å². The molecule has 0 saturated carbocycles. The lowest BCUT2D eigenvalue weighted by Crippen LogP contribution is -2.45. The number of fused-ring (bicyclic) bond motifs is 1. The molecule has 0 aliphatic carbocycles. The molecule has 214 valence electrons. The van der Waals surface area contributed by atoms with Crippen LogP contribution in [0, 0.1) is 5.92 Å². The highest BCUT2D eigenvalue weighted by molar-refractivity contribution is 5.79. The van der Waals surface area contributed by atoms with Gasteiger partial charge in [0.2, 0.25) is 5.91 Å². The molecule has 1 saturated heterocycles. The second-order valence-electron chi connectivity index (χ2n) is 10.7. The SMILES string of the molecule is CCCCN(CCCCN)C(=O)CN1C[C@H](c2ccc3c(c2)CCO3)[C@@H](C(=O)O)[C@@H]1CCn1c(O)ccc1O. The molecule has 10 nitrogen and oxygen atoms in total. The van der Waals surface area contributed by atoms with Gasteiger partial charge in [-0.1, -0.05) is 25.5 Å². The Balaban J connectivity index is 1.60. The van der Waals surface area contributed by atoms with Crippen molar-refractivity contribution in [1.29, 1.82) is 0 Å². The zero-order valence-corrected chi connectivity index (χ0v) is 22.8. The van der Waals surface area contributed by atoms with Crippen molar-refractivity contribution in [2.24, 2.45) is 11.7 Å². The van der Waals surface area contributed by atoms with Gasteiger partial charge in [-0.05, 0) is 49.4 Å². The summed E-state index contributed by atoms with van der Waals surface area (Å²) in [6, 6.07) is 8.26. The Labute approximate surface area is 230 Å². The number of unbranched alkanes of at least 4 members (excludes halogenated alkanes) is 2. The number of carbonyl (C=O) groups is 2. The minimum atomic E-state index is -0.913. The Bertz CT molecular complexity index is 1120. The summed E-state index contributed by atoms with van der Waals surface area (Å²) in [7, 11) is 0. The maximum atomic E-state index is 13.6. The molecular weight excluding hydrogens is 500 g/mol. The van der Waals surface area contributed by atoms with E-state index in [9.17, 15) is 24.9 Å². The number of nitrogens with zero attached hydrogens (tertiary/aromatic N) is 3. The molecule has 4 rings (SSSR count). The summed E-state index contributed by atoms with van der Waals surface area (Å²) in [5.74, 6) is -1.30. The highest BCUT2D eigenvalue weighted by atomic mass is 16.5. The van der Waals surface area contributed by atoms with E-state index in [2.05, 4.69) is 13.0 Å². The Kier molecular flexibility index (Phi) is 9.74. The molecule has 3 atom stereocenters. The van der Waals surface area contributed by atoms with Gasteiger partial charge in [0, 0.05) is 56.7 Å². The topological polar surface area (TPSA) is 141 Å². The van der Waals surface area contributed by atoms with Gasteiger partial charge in [-0.3, -0.25) is 19.1 Å². The molecule has 2 aliphatic rings. The number of rotatable bonds is 14. The lowest BCUT2D eigenvalue weighted by atomic mass is 9.83. The van der Waals surface area contributed by atoms with Crippen LogP contribution in [-0.4, -0.2) is 86.9 Å². The minimum absolute atomic E-state index is 0.00993. The number of ether oxygens (including phenoxy) is 1. The summed E-state index contributed by atoms with van der Waals surface area (Å²) in [4.78, 5) is 30.2. The zero-order chi connectivity index (χ0) is 27.9. The number of hydrogen-bond acceptors (Lipinski definition) is 7. The van der Waals surface area contributed by atoms with Crippen molar-refractivity contribution in [2.75, 3.05) is 39.3 Å². The molecule has 0 radical (unpaired) electrons. The number of likely N-dealkylation sites (tertiary alicyclic amines) is 1. The molecule has 10 heteroatoms. The standard InChI is InChI=1S/C29H42N4O6/c1-2-3-13-31(14-5-4-12-30)27(36)19-32-18-22(20-6-7-24-21(17-20)11-16-39-24)28(29(37)38)23(32)10-15-33-25(34)8-9-26(33)35/h6-9,17,22-23,28,34-35H,2-5,10-16,18-19,30H2,1H3,(H,37,38)/t22-,23+,28-/m1/s1. The summed E-state index contributed by atoms with van der Waals surface area (Å²) >= 11 is 0. The first kappa shape index (κ1) is 28.8. The number of nitrogens with two attached hydrogens (primary N) is 1. The van der Waals surface area contributed by atoms with Gasteiger partial charge in [0.1, 0.15) is 5.75 Å². The number of aromatic nitrogens is 1. The molecule has 39 heavy (non-hydrogen) atoms. The van der Waals surface area contributed by atoms with Crippen LogP contribution in [0.25, 0.3) is 0 Å². The van der Waals surface area contributed by atoms with Crippen LogP contribution in [0.4, 0.5) is 0 Å². The van der Waals surface area contributed by atoms with Gasteiger partial charge in [0.15, 0.2) is 11.8 Å². The van der Waals surface area contributed by atoms with Crippen molar-refractivity contribution < 1.29 is 29.6 Å².